The molecular formula is C20H19N2O8-. The van der Waals surface area contributed by atoms with Gasteiger partial charge in [0.05, 0.1) is 11.6 Å². The largest absolute Gasteiger partial charge is 0.711 e. The van der Waals surface area contributed by atoms with E-state index in [0.29, 0.717) is 0 Å². The fraction of sp³-hybridized carbons (Fsp3) is 0.400. The van der Waals surface area contributed by atoms with Gasteiger partial charge in [0.25, 0.3) is 0 Å². The third-order valence-corrected chi connectivity index (χ3v) is 5.88. The molecule has 0 aliphatic heterocycles. The molecule has 0 saturated heterocycles. The number of carbonyl (C=O) groups excluding carboxylic acids is 2. The SMILES string of the molecule is COCOc1cccc2c1C(=O)C1=C(C2=O)C2=C(C1N=[N-])[C@@H](O)[C@@](C)(O)[C@H](O)[C@H]2O. The number of methoxy groups -OCH3 is 1. The lowest BCUT2D eigenvalue weighted by Crippen LogP contribution is -2.60. The first-order valence-electron chi connectivity index (χ1n) is 9.11. The highest BCUT2D eigenvalue weighted by Crippen LogP contribution is 2.50. The molecule has 1 aromatic carbocycles. The molecule has 0 amide bonds. The van der Waals surface area contributed by atoms with Gasteiger partial charge in [0.2, 0.25) is 0 Å². The number of Topliss-reactive ketones (excluding diaryl/α,β-unsaturated/α-hetero) is 2. The Kier molecular flexibility index (Phi) is 4.71. The number of fused-ring (bicyclic) bond motifs is 2. The Labute approximate surface area is 170 Å². The number of aliphatic hydroxyl groups excluding tert-OH is 3. The number of aliphatic hydroxyl groups is 4. The van der Waals surface area contributed by atoms with E-state index in [0.717, 1.165) is 6.92 Å². The topological polar surface area (TPSA) is 168 Å². The highest BCUT2D eigenvalue weighted by molar-refractivity contribution is 6.31. The van der Waals surface area contributed by atoms with Gasteiger partial charge in [-0.05, 0) is 24.1 Å². The van der Waals surface area contributed by atoms with E-state index in [1.165, 1.54) is 25.3 Å². The second-order valence-corrected chi connectivity index (χ2v) is 7.58. The summed E-state index contributed by atoms with van der Waals surface area (Å²) in [5, 5.41) is 45.3. The Balaban J connectivity index is 1.94. The predicted octanol–water partition coefficient (Wildman–Crippen LogP) is -0.107. The lowest BCUT2D eigenvalue weighted by molar-refractivity contribution is -0.159. The summed E-state index contributed by atoms with van der Waals surface area (Å²) >= 11 is 0. The van der Waals surface area contributed by atoms with Gasteiger partial charge in [0.1, 0.15) is 29.7 Å². The molecular weight excluding hydrogens is 396 g/mol. The molecule has 0 fully saturated rings. The maximum atomic E-state index is 13.4. The number of benzene rings is 1. The van der Waals surface area contributed by atoms with Gasteiger partial charge < -0.3 is 40.5 Å². The summed E-state index contributed by atoms with van der Waals surface area (Å²) in [6.45, 7) is 0.912. The van der Waals surface area contributed by atoms with Crippen molar-refractivity contribution in [3.05, 3.63) is 57.1 Å². The summed E-state index contributed by atoms with van der Waals surface area (Å²) in [4.78, 5) is 26.7. The number of ether oxygens (including phenoxy) is 2. The van der Waals surface area contributed by atoms with Crippen LogP contribution in [0.3, 0.4) is 0 Å². The fourth-order valence-corrected chi connectivity index (χ4v) is 4.37. The van der Waals surface area contributed by atoms with E-state index in [-0.39, 0.29) is 46.0 Å². The number of rotatable bonds is 4. The molecule has 3 aliphatic carbocycles. The molecule has 10 nitrogen and oxygen atoms in total. The smallest absolute Gasteiger partial charge is 0.196 e. The molecule has 10 heteroatoms. The van der Waals surface area contributed by atoms with Crippen LogP contribution in [0.2, 0.25) is 0 Å². The number of carbonyl (C=O) groups is 2. The normalized spacial score (nSPS) is 32.7. The summed E-state index contributed by atoms with van der Waals surface area (Å²) < 4.78 is 10.2. The molecule has 0 radical (unpaired) electrons. The summed E-state index contributed by atoms with van der Waals surface area (Å²) in [6, 6.07) is 2.88. The third-order valence-electron chi connectivity index (χ3n) is 5.88. The minimum atomic E-state index is -2.21. The summed E-state index contributed by atoms with van der Waals surface area (Å²) in [7, 11) is 1.39. The Morgan fingerprint density at radius 2 is 1.87 bits per heavy atom. The first kappa shape index (κ1) is 20.5. The second-order valence-electron chi connectivity index (χ2n) is 7.58. The van der Waals surface area contributed by atoms with Crippen LogP contribution in [-0.4, -0.2) is 75.9 Å². The molecule has 0 aromatic heterocycles. The van der Waals surface area contributed by atoms with E-state index in [4.69, 9.17) is 9.47 Å². The van der Waals surface area contributed by atoms with Crippen molar-refractivity contribution in [2.24, 2.45) is 5.11 Å². The van der Waals surface area contributed by atoms with Gasteiger partial charge in [-0.25, -0.2) is 0 Å². The van der Waals surface area contributed by atoms with Gasteiger partial charge in [-0.1, -0.05) is 12.1 Å². The number of hydrogen-bond acceptors (Lipinski definition) is 9. The van der Waals surface area contributed by atoms with Crippen molar-refractivity contribution in [2.75, 3.05) is 13.9 Å². The van der Waals surface area contributed by atoms with Crippen molar-refractivity contribution >= 4 is 11.6 Å². The monoisotopic (exact) mass is 415 g/mol. The molecule has 1 unspecified atom stereocenters. The van der Waals surface area contributed by atoms with Crippen molar-refractivity contribution in [3.63, 3.8) is 0 Å². The van der Waals surface area contributed by atoms with Gasteiger partial charge in [-0.2, -0.15) is 0 Å². The minimum absolute atomic E-state index is 0.00805. The molecule has 5 atom stereocenters. The first-order chi connectivity index (χ1) is 14.2. The van der Waals surface area contributed by atoms with E-state index in [2.05, 4.69) is 5.11 Å². The molecule has 0 spiro atoms. The first-order valence-corrected chi connectivity index (χ1v) is 9.11. The molecule has 4 rings (SSSR count). The van der Waals surface area contributed by atoms with Gasteiger partial charge >= 0.3 is 0 Å². The average Bonchev–Trinajstić information content (AvgIpc) is 3.08. The van der Waals surface area contributed by atoms with Gasteiger partial charge in [0, 0.05) is 23.8 Å². The van der Waals surface area contributed by atoms with E-state index in [9.17, 15) is 35.5 Å². The Hall–Kier alpha value is -2.76. The average molecular weight is 415 g/mol. The zero-order chi connectivity index (χ0) is 22.0. The number of hydrogen-bond donors (Lipinski definition) is 4. The second kappa shape index (κ2) is 6.89. The van der Waals surface area contributed by atoms with Crippen LogP contribution in [0.4, 0.5) is 0 Å². The molecule has 0 bridgehead atoms. The Bertz CT molecular complexity index is 1040. The van der Waals surface area contributed by atoms with E-state index < -0.39 is 41.5 Å². The maximum Gasteiger partial charge on any atom is 0.196 e. The van der Waals surface area contributed by atoms with Crippen LogP contribution in [-0.2, 0) is 4.74 Å². The quantitative estimate of drug-likeness (QED) is 0.390. The summed E-state index contributed by atoms with van der Waals surface area (Å²) in [6.07, 6.45) is -5.44. The highest BCUT2D eigenvalue weighted by atomic mass is 16.7. The van der Waals surface area contributed by atoms with Crippen molar-refractivity contribution in [1.29, 1.82) is 0 Å². The van der Waals surface area contributed by atoms with E-state index in [1.54, 1.807) is 0 Å². The number of nitrogens with zero attached hydrogens (tertiary/aromatic N) is 2. The van der Waals surface area contributed by atoms with Crippen LogP contribution in [0.25, 0.3) is 5.53 Å². The Morgan fingerprint density at radius 1 is 1.17 bits per heavy atom. The van der Waals surface area contributed by atoms with Crippen LogP contribution in [0.5, 0.6) is 5.75 Å². The van der Waals surface area contributed by atoms with Crippen LogP contribution in [0, 0.1) is 0 Å². The molecule has 4 N–H and O–H groups in total. The maximum absolute atomic E-state index is 13.4. The van der Waals surface area contributed by atoms with Crippen LogP contribution < -0.4 is 4.74 Å². The van der Waals surface area contributed by atoms with Crippen molar-refractivity contribution in [2.45, 2.75) is 36.9 Å². The van der Waals surface area contributed by atoms with Crippen molar-refractivity contribution in [1.82, 2.24) is 0 Å². The van der Waals surface area contributed by atoms with E-state index in [1.807, 2.05) is 0 Å². The lowest BCUT2D eigenvalue weighted by Gasteiger charge is -2.43. The predicted molar refractivity (Wildman–Crippen MR) is 99.9 cm³/mol. The van der Waals surface area contributed by atoms with Crippen LogP contribution in [0.1, 0.15) is 27.6 Å². The summed E-state index contributed by atoms with van der Waals surface area (Å²) in [5.74, 6) is -1.29. The molecule has 3 aliphatic rings. The van der Waals surface area contributed by atoms with E-state index >= 15 is 0 Å². The zero-order valence-corrected chi connectivity index (χ0v) is 16.1. The zero-order valence-electron chi connectivity index (χ0n) is 16.1. The van der Waals surface area contributed by atoms with Crippen LogP contribution in [0.15, 0.2) is 45.6 Å². The molecule has 0 heterocycles. The number of ketones is 2. The third kappa shape index (κ3) is 2.49. The van der Waals surface area contributed by atoms with Gasteiger partial charge in [0.15, 0.2) is 18.4 Å². The van der Waals surface area contributed by atoms with Gasteiger partial charge in [-0.3, -0.25) is 9.59 Å². The lowest BCUT2D eigenvalue weighted by atomic mass is 9.73. The molecule has 30 heavy (non-hydrogen) atoms. The van der Waals surface area contributed by atoms with Crippen molar-refractivity contribution < 1.29 is 39.5 Å². The standard InChI is InChI=1S/C20H19N2O8/c1-20(28)18(26)13-11(17(25)19(20)27)10-12(14(13)22-21)16(24)9-7(15(10)23)4-3-5-8(9)30-6-29-2/h3-5,14,17-19,25-28H,6H2,1-2H3/q-1/t14?,17-,18+,19+,20+/m0/s1. The molecule has 1 aromatic rings. The molecule has 158 valence electrons. The highest BCUT2D eigenvalue weighted by Gasteiger charge is 2.58. The van der Waals surface area contributed by atoms with Crippen LogP contribution >= 0.6 is 0 Å². The Morgan fingerprint density at radius 3 is 2.50 bits per heavy atom. The fourth-order valence-electron chi connectivity index (χ4n) is 4.37. The van der Waals surface area contributed by atoms with Crippen molar-refractivity contribution in [3.8, 4) is 5.75 Å². The minimum Gasteiger partial charge on any atom is -0.711 e. The summed E-state index contributed by atoms with van der Waals surface area (Å²) in [5.41, 5.74) is 6.42. The van der Waals surface area contributed by atoms with Gasteiger partial charge in [-0.15, -0.1) is 0 Å². The molecule has 0 saturated carbocycles.